The summed E-state index contributed by atoms with van der Waals surface area (Å²) in [6.07, 6.45) is -0.131. The molecule has 16 heteroatoms. The molecule has 1 atom stereocenters. The van der Waals surface area contributed by atoms with Gasteiger partial charge in [0.2, 0.25) is 5.91 Å². The van der Waals surface area contributed by atoms with E-state index in [1.54, 1.807) is 30.5 Å². The van der Waals surface area contributed by atoms with E-state index in [2.05, 4.69) is 43.2 Å². The van der Waals surface area contributed by atoms with Gasteiger partial charge in [-0.05, 0) is 44.0 Å². The highest BCUT2D eigenvalue weighted by atomic mass is 19.4. The number of aromatic nitrogens is 4. The standard InChI is InChI=1S/C30H33B3F3N7O3/c1-28(14-46-15-28)27(45)42-10-2-3-18(13-42)25-41-22(23-24(37)39-12-20(43(23)25)29(31,32)33)16-4-6-17(7-5-16)26(44)40-21-11-19(8-9-38-21)30(34,35)36/h4-9,11-12,18H,2-3,10,13-15,31-33H2,1H3,(H2,37,39)(H,38,40,44)/t18-/m1/s1. The first-order valence-electron chi connectivity index (χ1n) is 15.2. The number of piperidine rings is 1. The van der Waals surface area contributed by atoms with Crippen LogP contribution in [-0.4, -0.2) is 85.9 Å². The second-order valence-electron chi connectivity index (χ2n) is 13.4. The monoisotopic (exact) mass is 629 g/mol. The van der Waals surface area contributed by atoms with Gasteiger partial charge in [-0.15, -0.1) is 0 Å². The summed E-state index contributed by atoms with van der Waals surface area (Å²) in [7, 11) is 6.26. The highest BCUT2D eigenvalue weighted by molar-refractivity contribution is 6.58. The Bertz CT molecular complexity index is 1820. The van der Waals surface area contributed by atoms with Crippen molar-refractivity contribution in [3.05, 3.63) is 71.4 Å². The second-order valence-corrected chi connectivity index (χ2v) is 13.4. The maximum absolute atomic E-state index is 13.4. The Morgan fingerprint density at radius 1 is 1.11 bits per heavy atom. The topological polar surface area (TPSA) is 128 Å². The lowest BCUT2D eigenvalue weighted by molar-refractivity contribution is -0.170. The van der Waals surface area contributed by atoms with E-state index in [9.17, 15) is 22.8 Å². The van der Waals surface area contributed by atoms with Crippen LogP contribution in [0.1, 0.15) is 53.1 Å². The van der Waals surface area contributed by atoms with Gasteiger partial charge in [-0.2, -0.15) is 13.2 Å². The number of fused-ring (bicyclic) bond motifs is 1. The van der Waals surface area contributed by atoms with E-state index in [4.69, 9.17) is 15.5 Å². The van der Waals surface area contributed by atoms with Crippen LogP contribution in [0.2, 0.25) is 0 Å². The first-order chi connectivity index (χ1) is 21.7. The van der Waals surface area contributed by atoms with E-state index in [1.807, 2.05) is 11.8 Å². The molecule has 10 nitrogen and oxygen atoms in total. The lowest BCUT2D eigenvalue weighted by Crippen LogP contribution is -2.55. The lowest BCUT2D eigenvalue weighted by atomic mass is 9.41. The molecule has 6 rings (SSSR count). The number of alkyl halides is 3. The largest absolute Gasteiger partial charge is 0.416 e. The molecule has 46 heavy (non-hydrogen) atoms. The van der Waals surface area contributed by atoms with Crippen molar-refractivity contribution in [2.24, 2.45) is 5.41 Å². The van der Waals surface area contributed by atoms with Crippen molar-refractivity contribution in [3.8, 4) is 11.3 Å². The first-order valence-corrected chi connectivity index (χ1v) is 15.2. The zero-order valence-corrected chi connectivity index (χ0v) is 26.1. The molecule has 0 radical (unpaired) electrons. The number of carbonyl (C=O) groups excluding carboxylic acids is 2. The number of hydrogen-bond acceptors (Lipinski definition) is 7. The molecule has 0 bridgehead atoms. The van der Waals surface area contributed by atoms with Gasteiger partial charge >= 0.3 is 6.18 Å². The van der Waals surface area contributed by atoms with Gasteiger partial charge in [0.25, 0.3) is 5.91 Å². The molecular weight excluding hydrogens is 596 g/mol. The quantitative estimate of drug-likeness (QED) is 0.309. The molecule has 3 aromatic heterocycles. The van der Waals surface area contributed by atoms with Crippen molar-refractivity contribution in [2.45, 2.75) is 37.0 Å². The van der Waals surface area contributed by atoms with Crippen molar-refractivity contribution < 1.29 is 27.5 Å². The number of nitrogens with one attached hydrogen (secondary N) is 1. The number of pyridine rings is 1. The number of nitrogens with zero attached hydrogens (tertiary/aromatic N) is 5. The molecule has 2 amide bonds. The summed E-state index contributed by atoms with van der Waals surface area (Å²) in [5, 5.41) is 2.12. The zero-order valence-electron chi connectivity index (χ0n) is 26.1. The molecule has 4 aromatic rings. The zero-order chi connectivity index (χ0) is 33.0. The molecule has 0 unspecified atom stereocenters. The van der Waals surface area contributed by atoms with Gasteiger partial charge in [0.15, 0.2) is 0 Å². The minimum atomic E-state index is -4.56. The minimum absolute atomic E-state index is 0.0588. The van der Waals surface area contributed by atoms with Crippen LogP contribution in [0, 0.1) is 5.41 Å². The number of halogens is 3. The lowest BCUT2D eigenvalue weighted by Gasteiger charge is -2.42. The number of hydrogen-bond donors (Lipinski definition) is 2. The van der Waals surface area contributed by atoms with E-state index < -0.39 is 23.1 Å². The van der Waals surface area contributed by atoms with Gasteiger partial charge in [0, 0.05) is 48.2 Å². The van der Waals surface area contributed by atoms with E-state index in [1.165, 1.54) is 0 Å². The number of ether oxygens (including phenoxy) is 1. The van der Waals surface area contributed by atoms with Crippen LogP contribution in [0.25, 0.3) is 16.8 Å². The Kier molecular flexibility index (Phi) is 7.90. The van der Waals surface area contributed by atoms with Gasteiger partial charge in [0.1, 0.15) is 28.7 Å². The van der Waals surface area contributed by atoms with Crippen molar-refractivity contribution in [1.29, 1.82) is 0 Å². The molecule has 0 saturated carbocycles. The van der Waals surface area contributed by atoms with Crippen molar-refractivity contribution in [2.75, 3.05) is 37.4 Å². The van der Waals surface area contributed by atoms with Crippen LogP contribution >= 0.6 is 0 Å². The van der Waals surface area contributed by atoms with Crippen LogP contribution in [0.15, 0.2) is 48.8 Å². The maximum atomic E-state index is 13.4. The maximum Gasteiger partial charge on any atom is 0.416 e. The third kappa shape index (κ3) is 5.86. The Balaban J connectivity index is 1.35. The number of imidazole rings is 1. The average Bonchev–Trinajstić information content (AvgIpc) is 3.40. The summed E-state index contributed by atoms with van der Waals surface area (Å²) in [4.78, 5) is 41.8. The highest BCUT2D eigenvalue weighted by Crippen LogP contribution is 2.38. The molecule has 236 valence electrons. The van der Waals surface area contributed by atoms with Gasteiger partial charge < -0.3 is 20.7 Å². The number of anilines is 2. The molecule has 5 heterocycles. The fourth-order valence-electron chi connectivity index (χ4n) is 6.10. The molecular formula is C30H33B3F3N7O3. The molecule has 0 aliphatic carbocycles. The van der Waals surface area contributed by atoms with Gasteiger partial charge in [-0.3, -0.25) is 14.0 Å². The first kappa shape index (κ1) is 31.6. The van der Waals surface area contributed by atoms with Gasteiger partial charge in [-0.1, -0.05) is 17.2 Å². The van der Waals surface area contributed by atoms with E-state index >= 15 is 0 Å². The predicted octanol–water partition coefficient (Wildman–Crippen LogP) is 1.40. The third-order valence-electron chi connectivity index (χ3n) is 8.66. The van der Waals surface area contributed by atoms with Crippen LogP contribution < -0.4 is 11.1 Å². The number of benzene rings is 1. The smallest absolute Gasteiger partial charge is 0.382 e. The molecule has 0 spiro atoms. The predicted molar refractivity (Wildman–Crippen MR) is 175 cm³/mol. The Labute approximate surface area is 266 Å². The van der Waals surface area contributed by atoms with Crippen molar-refractivity contribution in [3.63, 3.8) is 0 Å². The van der Waals surface area contributed by atoms with Gasteiger partial charge in [0.05, 0.1) is 47.7 Å². The normalized spacial score (nSPS) is 18.3. The Morgan fingerprint density at radius 2 is 1.83 bits per heavy atom. The van der Waals surface area contributed by atoms with E-state index in [0.29, 0.717) is 48.9 Å². The van der Waals surface area contributed by atoms with Crippen molar-refractivity contribution >= 4 is 52.5 Å². The minimum Gasteiger partial charge on any atom is -0.382 e. The molecule has 1 aromatic carbocycles. The number of likely N-dealkylation sites (tertiary alicyclic amines) is 1. The number of amides is 2. The second kappa shape index (κ2) is 11.5. The summed E-state index contributed by atoms with van der Waals surface area (Å²) >= 11 is 0. The number of nitrogen functional groups attached to an aromatic ring is 1. The van der Waals surface area contributed by atoms with E-state index in [-0.39, 0.29) is 28.3 Å². The molecule has 2 aliphatic heterocycles. The summed E-state index contributed by atoms with van der Waals surface area (Å²) in [6, 6.07) is 8.21. The van der Waals surface area contributed by atoms with Crippen molar-refractivity contribution in [1.82, 2.24) is 24.3 Å². The highest BCUT2D eigenvalue weighted by Gasteiger charge is 2.45. The van der Waals surface area contributed by atoms with Gasteiger partial charge in [-0.25, -0.2) is 15.0 Å². The Morgan fingerprint density at radius 3 is 2.46 bits per heavy atom. The Hall–Kier alpha value is -4.33. The molecule has 2 fully saturated rings. The number of carbonyl (C=O) groups is 2. The SMILES string of the molecule is BC(B)(B)c1cnc(N)c2c(-c3ccc(C(=O)Nc4cc(C(F)(F)F)ccn4)cc3)nc([C@@H]3CCCN(C(=O)C4(C)COC4)C3)n12. The molecule has 2 saturated heterocycles. The number of rotatable bonds is 6. The third-order valence-corrected chi connectivity index (χ3v) is 8.66. The summed E-state index contributed by atoms with van der Waals surface area (Å²) in [6.45, 7) is 3.97. The number of nitrogens with two attached hydrogens (primary N) is 1. The van der Waals surface area contributed by atoms with Crippen LogP contribution in [0.5, 0.6) is 0 Å². The summed E-state index contributed by atoms with van der Waals surface area (Å²) in [5.74, 6) is 0.298. The molecule has 2 aliphatic rings. The van der Waals surface area contributed by atoms with E-state index in [0.717, 1.165) is 42.7 Å². The molecule has 3 N–H and O–H groups in total. The van der Waals surface area contributed by atoms with Crippen LogP contribution in [0.3, 0.4) is 0 Å². The summed E-state index contributed by atoms with van der Waals surface area (Å²) in [5.41, 5.74) is 8.14. The van der Waals surface area contributed by atoms with Crippen LogP contribution in [0.4, 0.5) is 24.8 Å². The summed E-state index contributed by atoms with van der Waals surface area (Å²) < 4.78 is 46.8. The fraction of sp³-hybridized carbons (Fsp3) is 0.367. The van der Waals surface area contributed by atoms with Crippen LogP contribution in [-0.2, 0) is 20.8 Å². The fourth-order valence-corrected chi connectivity index (χ4v) is 6.10. The average molecular weight is 629 g/mol.